The first-order valence-electron chi connectivity index (χ1n) is 10.5. The van der Waals surface area contributed by atoms with E-state index in [4.69, 9.17) is 4.74 Å². The molecule has 0 spiro atoms. The number of rotatable bonds is 8. The molecule has 0 fully saturated rings. The highest BCUT2D eigenvalue weighted by atomic mass is 16.5. The number of ether oxygens (including phenoxy) is 1. The van der Waals surface area contributed by atoms with Gasteiger partial charge in [-0.05, 0) is 53.6 Å². The summed E-state index contributed by atoms with van der Waals surface area (Å²) < 4.78 is 5.70. The summed E-state index contributed by atoms with van der Waals surface area (Å²) in [5.41, 5.74) is 3.06. The third-order valence-corrected chi connectivity index (χ3v) is 4.95. The Hall–Kier alpha value is -2.82. The van der Waals surface area contributed by atoms with Crippen molar-refractivity contribution in [2.45, 2.75) is 59.0 Å². The number of carbonyl (C=O) groups excluding carboxylic acids is 2. The molecule has 0 aliphatic carbocycles. The molecule has 162 valence electrons. The molecule has 1 unspecified atom stereocenters. The van der Waals surface area contributed by atoms with Gasteiger partial charge in [-0.2, -0.15) is 0 Å². The largest absolute Gasteiger partial charge is 0.481 e. The van der Waals surface area contributed by atoms with Crippen molar-refractivity contribution in [3.63, 3.8) is 0 Å². The van der Waals surface area contributed by atoms with Crippen LogP contribution in [0.2, 0.25) is 0 Å². The van der Waals surface area contributed by atoms with Crippen LogP contribution in [-0.2, 0) is 10.2 Å². The second kappa shape index (κ2) is 10.3. The maximum absolute atomic E-state index is 12.3. The van der Waals surface area contributed by atoms with Crippen LogP contribution in [0.5, 0.6) is 5.75 Å². The van der Waals surface area contributed by atoms with Crippen molar-refractivity contribution in [1.29, 1.82) is 0 Å². The van der Waals surface area contributed by atoms with Crippen LogP contribution in [0.4, 0.5) is 0 Å². The minimum Gasteiger partial charge on any atom is -0.481 e. The maximum Gasteiger partial charge on any atom is 0.260 e. The van der Waals surface area contributed by atoms with Crippen LogP contribution in [0.1, 0.15) is 68.9 Å². The van der Waals surface area contributed by atoms with Crippen LogP contribution < -0.4 is 15.4 Å². The van der Waals surface area contributed by atoms with E-state index in [1.54, 1.807) is 6.92 Å². The van der Waals surface area contributed by atoms with Gasteiger partial charge >= 0.3 is 0 Å². The smallest absolute Gasteiger partial charge is 0.260 e. The van der Waals surface area contributed by atoms with Gasteiger partial charge in [-0.3, -0.25) is 9.59 Å². The summed E-state index contributed by atoms with van der Waals surface area (Å²) in [4.78, 5) is 24.5. The van der Waals surface area contributed by atoms with E-state index in [2.05, 4.69) is 45.3 Å². The lowest BCUT2D eigenvalue weighted by Gasteiger charge is -2.19. The molecule has 0 radical (unpaired) electrons. The molecule has 1 atom stereocenters. The number of amides is 2. The second-order valence-electron chi connectivity index (χ2n) is 8.86. The first-order valence-corrected chi connectivity index (χ1v) is 10.5. The van der Waals surface area contributed by atoms with Crippen LogP contribution in [0, 0.1) is 0 Å². The molecule has 0 saturated carbocycles. The lowest BCUT2D eigenvalue weighted by Crippen LogP contribution is -2.40. The molecular weight excluding hydrogens is 376 g/mol. The van der Waals surface area contributed by atoms with Crippen LogP contribution in [0.25, 0.3) is 0 Å². The molecule has 2 aromatic rings. The molecular formula is C25H34N2O3. The molecule has 2 amide bonds. The van der Waals surface area contributed by atoms with Crippen molar-refractivity contribution in [2.24, 2.45) is 0 Å². The maximum atomic E-state index is 12.3. The molecule has 0 aliphatic rings. The monoisotopic (exact) mass is 410 g/mol. The number of hydrogen-bond donors (Lipinski definition) is 2. The lowest BCUT2D eigenvalue weighted by atomic mass is 9.87. The van der Waals surface area contributed by atoms with E-state index in [1.165, 1.54) is 11.1 Å². The second-order valence-corrected chi connectivity index (χ2v) is 8.86. The lowest BCUT2D eigenvalue weighted by molar-refractivity contribution is -0.127. The predicted octanol–water partition coefficient (Wildman–Crippen LogP) is 4.42. The molecule has 30 heavy (non-hydrogen) atoms. The van der Waals surface area contributed by atoms with Gasteiger partial charge < -0.3 is 15.4 Å². The van der Waals surface area contributed by atoms with Crippen LogP contribution in [-0.4, -0.2) is 31.0 Å². The molecule has 0 aromatic heterocycles. The van der Waals surface area contributed by atoms with E-state index >= 15 is 0 Å². The summed E-state index contributed by atoms with van der Waals surface area (Å²) in [6, 6.07) is 15.4. The van der Waals surface area contributed by atoms with E-state index < -0.39 is 6.10 Å². The zero-order valence-corrected chi connectivity index (χ0v) is 18.9. The highest BCUT2D eigenvalue weighted by molar-refractivity contribution is 5.94. The Kier molecular flexibility index (Phi) is 8.04. The molecule has 0 heterocycles. The average molecular weight is 411 g/mol. The summed E-state index contributed by atoms with van der Waals surface area (Å²) in [5, 5.41) is 5.61. The average Bonchev–Trinajstić information content (AvgIpc) is 2.70. The van der Waals surface area contributed by atoms with Crippen molar-refractivity contribution in [3.05, 3.63) is 65.2 Å². The fraction of sp³-hybridized carbons (Fsp3) is 0.440. The third kappa shape index (κ3) is 6.90. The highest BCUT2D eigenvalue weighted by Crippen LogP contribution is 2.22. The van der Waals surface area contributed by atoms with Crippen molar-refractivity contribution in [3.8, 4) is 5.75 Å². The number of hydrogen-bond acceptors (Lipinski definition) is 3. The summed E-state index contributed by atoms with van der Waals surface area (Å²) >= 11 is 0. The van der Waals surface area contributed by atoms with E-state index in [9.17, 15) is 9.59 Å². The fourth-order valence-electron chi connectivity index (χ4n) is 2.92. The van der Waals surface area contributed by atoms with E-state index in [0.29, 0.717) is 30.3 Å². The van der Waals surface area contributed by atoms with Gasteiger partial charge in [0.25, 0.3) is 11.8 Å². The number of benzene rings is 2. The first-order chi connectivity index (χ1) is 14.1. The van der Waals surface area contributed by atoms with Gasteiger partial charge in [-0.1, -0.05) is 58.9 Å². The molecule has 2 N–H and O–H groups in total. The molecule has 0 bridgehead atoms. The van der Waals surface area contributed by atoms with Crippen molar-refractivity contribution in [1.82, 2.24) is 10.6 Å². The standard InChI is InChI=1S/C25H34N2O3/c1-17(2)19-9-13-22(14-10-19)30-18(3)23(28)26-15-16-27-24(29)20-7-11-21(12-8-20)25(4,5)6/h7-14,17-18H,15-16H2,1-6H3,(H,26,28)(H,27,29). The van der Waals surface area contributed by atoms with Gasteiger partial charge in [0.2, 0.25) is 0 Å². The van der Waals surface area contributed by atoms with Gasteiger partial charge in [-0.25, -0.2) is 0 Å². The van der Waals surface area contributed by atoms with E-state index in [-0.39, 0.29) is 17.2 Å². The summed E-state index contributed by atoms with van der Waals surface area (Å²) in [6.07, 6.45) is -0.615. The third-order valence-electron chi connectivity index (χ3n) is 4.95. The van der Waals surface area contributed by atoms with Crippen LogP contribution in [0.3, 0.4) is 0 Å². The Bertz CT molecular complexity index is 834. The predicted molar refractivity (Wildman–Crippen MR) is 121 cm³/mol. The van der Waals surface area contributed by atoms with E-state index in [0.717, 1.165) is 0 Å². The Morgan fingerprint density at radius 3 is 1.97 bits per heavy atom. The molecule has 5 heteroatoms. The Morgan fingerprint density at radius 2 is 1.43 bits per heavy atom. The fourth-order valence-corrected chi connectivity index (χ4v) is 2.92. The normalized spacial score (nSPS) is 12.4. The Morgan fingerprint density at radius 1 is 0.867 bits per heavy atom. The zero-order chi connectivity index (χ0) is 22.3. The van der Waals surface area contributed by atoms with Gasteiger partial charge in [-0.15, -0.1) is 0 Å². The molecule has 5 nitrogen and oxygen atoms in total. The summed E-state index contributed by atoms with van der Waals surface area (Å²) in [7, 11) is 0. The van der Waals surface area contributed by atoms with Gasteiger partial charge in [0, 0.05) is 18.7 Å². The van der Waals surface area contributed by atoms with Gasteiger partial charge in [0.15, 0.2) is 6.10 Å². The highest BCUT2D eigenvalue weighted by Gasteiger charge is 2.16. The quantitative estimate of drug-likeness (QED) is 0.633. The van der Waals surface area contributed by atoms with Crippen LogP contribution >= 0.6 is 0 Å². The van der Waals surface area contributed by atoms with Crippen LogP contribution in [0.15, 0.2) is 48.5 Å². The SMILES string of the molecule is CC(Oc1ccc(C(C)C)cc1)C(=O)NCCNC(=O)c1ccc(C(C)(C)C)cc1. The summed E-state index contributed by atoms with van der Waals surface area (Å²) in [5.74, 6) is 0.742. The van der Waals surface area contributed by atoms with E-state index in [1.807, 2.05) is 48.5 Å². The van der Waals surface area contributed by atoms with Gasteiger partial charge in [0.05, 0.1) is 0 Å². The Balaban J connectivity index is 1.73. The molecule has 2 aromatic carbocycles. The van der Waals surface area contributed by atoms with Crippen molar-refractivity contribution >= 4 is 11.8 Å². The number of nitrogens with one attached hydrogen (secondary N) is 2. The van der Waals surface area contributed by atoms with Gasteiger partial charge in [0.1, 0.15) is 5.75 Å². The topological polar surface area (TPSA) is 67.4 Å². The first kappa shape index (κ1) is 23.5. The van der Waals surface area contributed by atoms with Crippen molar-refractivity contribution in [2.75, 3.05) is 13.1 Å². The Labute approximate surface area is 180 Å². The minimum atomic E-state index is -0.615. The summed E-state index contributed by atoms with van der Waals surface area (Å²) in [6.45, 7) is 13.1. The molecule has 0 saturated heterocycles. The molecule has 0 aliphatic heterocycles. The van der Waals surface area contributed by atoms with Crippen molar-refractivity contribution < 1.29 is 14.3 Å². The number of carbonyl (C=O) groups is 2. The molecule has 2 rings (SSSR count). The zero-order valence-electron chi connectivity index (χ0n) is 18.9. The minimum absolute atomic E-state index is 0.0501.